The summed E-state index contributed by atoms with van der Waals surface area (Å²) in [6.45, 7) is 0.926. The minimum absolute atomic E-state index is 0.0135. The van der Waals surface area contributed by atoms with Crippen LogP contribution in [0.1, 0.15) is 36.0 Å². The molecule has 2 heterocycles. The molecule has 1 saturated heterocycles. The van der Waals surface area contributed by atoms with Gasteiger partial charge in [0.25, 0.3) is 15.9 Å². The lowest BCUT2D eigenvalue weighted by Gasteiger charge is -2.50. The number of benzene rings is 1. The van der Waals surface area contributed by atoms with E-state index in [0.29, 0.717) is 13.1 Å². The fourth-order valence-electron chi connectivity index (χ4n) is 4.79. The Morgan fingerprint density at radius 3 is 2.37 bits per heavy atom. The fraction of sp³-hybridized carbons (Fsp3) is 0.545. The Labute approximate surface area is 207 Å². The molecule has 0 bridgehead atoms. The third kappa shape index (κ3) is 5.35. The molecule has 0 atom stereocenters. The molecule has 1 amide bonds. The van der Waals surface area contributed by atoms with Crippen LogP contribution in [0.5, 0.6) is 0 Å². The fourth-order valence-corrected chi connectivity index (χ4v) is 6.43. The Kier molecular flexibility index (Phi) is 7.20. The van der Waals surface area contributed by atoms with Crippen LogP contribution in [0.25, 0.3) is 0 Å². The van der Waals surface area contributed by atoms with Gasteiger partial charge in [-0.15, -0.1) is 0 Å². The Morgan fingerprint density at radius 1 is 1.14 bits per heavy atom. The van der Waals surface area contributed by atoms with Crippen molar-refractivity contribution in [3.8, 4) is 0 Å². The highest BCUT2D eigenvalue weighted by Gasteiger charge is 2.48. The van der Waals surface area contributed by atoms with E-state index < -0.39 is 33.2 Å². The van der Waals surface area contributed by atoms with Crippen molar-refractivity contribution in [1.29, 1.82) is 0 Å². The number of nitrogens with zero attached hydrogens (tertiary/aromatic N) is 4. The van der Waals surface area contributed by atoms with Crippen molar-refractivity contribution in [2.75, 3.05) is 32.7 Å². The molecule has 0 radical (unpaired) electrons. The normalized spacial score (nSPS) is 21.1. The van der Waals surface area contributed by atoms with Gasteiger partial charge in [-0.3, -0.25) is 9.69 Å². The van der Waals surface area contributed by atoms with Gasteiger partial charge in [-0.25, -0.2) is 26.6 Å². The number of imidazole rings is 1. The van der Waals surface area contributed by atoms with Gasteiger partial charge in [-0.1, -0.05) is 17.7 Å². The number of hydrogen-bond acceptors (Lipinski definition) is 5. The minimum atomic E-state index is -3.78. The third-order valence-electron chi connectivity index (χ3n) is 6.87. The molecule has 8 nitrogen and oxygen atoms in total. The highest BCUT2D eigenvalue weighted by molar-refractivity contribution is 7.89. The number of alkyl halides is 2. The van der Waals surface area contributed by atoms with Crippen molar-refractivity contribution < 1.29 is 26.4 Å². The molecule has 1 aromatic carbocycles. The molecule has 13 heteroatoms. The highest BCUT2D eigenvalue weighted by Crippen LogP contribution is 2.42. The maximum Gasteiger partial charge on any atom is 0.262 e. The molecule has 35 heavy (non-hydrogen) atoms. The summed E-state index contributed by atoms with van der Waals surface area (Å²) < 4.78 is 70.9. The summed E-state index contributed by atoms with van der Waals surface area (Å²) in [7, 11) is -2.10. The predicted octanol–water partition coefficient (Wildman–Crippen LogP) is 2.90. The standard InChI is InChI=1S/C22H27ClF3N5O3S/c1-29-13-18(28-15-29)35(33,34)31-11-9-30(10-12-31)21(5-7-22(25,26)8-6-21)14-27-20(32)19-16(23)3-2-4-17(19)24/h2-4,13,15H,5-12,14H2,1H3,(H,27,32). The van der Waals surface area contributed by atoms with Crippen LogP contribution < -0.4 is 5.32 Å². The molecule has 1 aliphatic heterocycles. The second kappa shape index (κ2) is 9.72. The van der Waals surface area contributed by atoms with E-state index in [0.717, 1.165) is 6.07 Å². The monoisotopic (exact) mass is 533 g/mol. The molecule has 2 aromatic rings. The summed E-state index contributed by atoms with van der Waals surface area (Å²) in [6, 6.07) is 3.91. The van der Waals surface area contributed by atoms with Gasteiger partial charge >= 0.3 is 0 Å². The predicted molar refractivity (Wildman–Crippen MR) is 123 cm³/mol. The van der Waals surface area contributed by atoms with Crippen LogP contribution in [0.15, 0.2) is 35.7 Å². The zero-order chi connectivity index (χ0) is 25.4. The Hall–Kier alpha value is -2.15. The summed E-state index contributed by atoms with van der Waals surface area (Å²) in [6.07, 6.45) is 2.35. The van der Waals surface area contributed by atoms with Crippen molar-refractivity contribution >= 4 is 27.5 Å². The topological polar surface area (TPSA) is 87.5 Å². The molecule has 0 spiro atoms. The summed E-state index contributed by atoms with van der Waals surface area (Å²) >= 11 is 6.00. The quantitative estimate of drug-likeness (QED) is 0.617. The van der Waals surface area contributed by atoms with Crippen LogP contribution in [-0.4, -0.2) is 77.3 Å². The average molecular weight is 534 g/mol. The van der Waals surface area contributed by atoms with Gasteiger partial charge in [0.2, 0.25) is 5.92 Å². The van der Waals surface area contributed by atoms with Gasteiger partial charge in [0, 0.05) is 64.3 Å². The Morgan fingerprint density at radius 2 is 1.80 bits per heavy atom. The molecule has 192 valence electrons. The van der Waals surface area contributed by atoms with Crippen molar-refractivity contribution in [2.24, 2.45) is 7.05 Å². The number of aromatic nitrogens is 2. The van der Waals surface area contributed by atoms with E-state index >= 15 is 0 Å². The highest BCUT2D eigenvalue weighted by atomic mass is 35.5. The number of carbonyl (C=O) groups is 1. The molecule has 1 aromatic heterocycles. The first-order valence-electron chi connectivity index (χ1n) is 11.3. The number of sulfonamides is 1. The van der Waals surface area contributed by atoms with E-state index in [4.69, 9.17) is 11.6 Å². The number of nitrogens with one attached hydrogen (secondary N) is 1. The van der Waals surface area contributed by atoms with Crippen molar-refractivity contribution in [1.82, 2.24) is 24.1 Å². The van der Waals surface area contributed by atoms with Crippen LogP contribution in [-0.2, 0) is 17.1 Å². The Bertz CT molecular complexity index is 1170. The second-order valence-corrected chi connectivity index (χ2v) is 11.4. The van der Waals surface area contributed by atoms with E-state index in [9.17, 15) is 26.4 Å². The lowest BCUT2D eigenvalue weighted by Crippen LogP contribution is -2.63. The molecule has 0 unspecified atom stereocenters. The Balaban J connectivity index is 1.49. The maximum absolute atomic E-state index is 14.2. The van der Waals surface area contributed by atoms with Crippen LogP contribution >= 0.6 is 11.6 Å². The summed E-state index contributed by atoms with van der Waals surface area (Å²) in [5, 5.41) is 2.60. The summed E-state index contributed by atoms with van der Waals surface area (Å²) in [4.78, 5) is 18.6. The zero-order valence-electron chi connectivity index (χ0n) is 19.2. The lowest BCUT2D eigenvalue weighted by atomic mass is 9.78. The van der Waals surface area contributed by atoms with Crippen LogP contribution in [0.3, 0.4) is 0 Å². The molecule has 4 rings (SSSR count). The minimum Gasteiger partial charge on any atom is -0.350 e. The molecule has 1 saturated carbocycles. The van der Waals surface area contributed by atoms with E-state index in [-0.39, 0.29) is 60.9 Å². The van der Waals surface area contributed by atoms with E-state index in [2.05, 4.69) is 10.3 Å². The molecule has 2 fully saturated rings. The number of carbonyl (C=O) groups excluding carboxylic acids is 1. The largest absolute Gasteiger partial charge is 0.350 e. The van der Waals surface area contributed by atoms with Crippen LogP contribution in [0, 0.1) is 5.82 Å². The molecule has 1 N–H and O–H groups in total. The first-order valence-corrected chi connectivity index (χ1v) is 13.1. The number of piperazine rings is 1. The SMILES string of the molecule is Cn1cnc(S(=O)(=O)N2CCN(C3(CNC(=O)c4c(F)cccc4Cl)CCC(F)(F)CC3)CC2)c1. The molecular weight excluding hydrogens is 507 g/mol. The molecule has 1 aliphatic carbocycles. The van der Waals surface area contributed by atoms with E-state index in [1.54, 1.807) is 11.6 Å². The summed E-state index contributed by atoms with van der Waals surface area (Å²) in [5.74, 6) is -4.29. The van der Waals surface area contributed by atoms with Gasteiger partial charge in [0.05, 0.1) is 16.9 Å². The average Bonchev–Trinajstić information content (AvgIpc) is 3.26. The number of rotatable bonds is 6. The van der Waals surface area contributed by atoms with Crippen molar-refractivity contribution in [3.63, 3.8) is 0 Å². The number of aryl methyl sites for hydroxylation is 1. The smallest absolute Gasteiger partial charge is 0.262 e. The van der Waals surface area contributed by atoms with E-state index in [1.807, 2.05) is 4.90 Å². The number of hydrogen-bond donors (Lipinski definition) is 1. The zero-order valence-corrected chi connectivity index (χ0v) is 20.8. The maximum atomic E-state index is 14.2. The van der Waals surface area contributed by atoms with Crippen molar-refractivity contribution in [3.05, 3.63) is 47.1 Å². The second-order valence-electron chi connectivity index (χ2n) is 9.13. The van der Waals surface area contributed by atoms with Crippen molar-refractivity contribution in [2.45, 2.75) is 42.2 Å². The molecular formula is C22H27ClF3N5O3S. The number of amides is 1. The van der Waals surface area contributed by atoms with Crippen LogP contribution in [0.2, 0.25) is 5.02 Å². The van der Waals surface area contributed by atoms with Gasteiger partial charge in [0.1, 0.15) is 5.82 Å². The summed E-state index contributed by atoms with van der Waals surface area (Å²) in [5.41, 5.74) is -1.10. The first-order chi connectivity index (χ1) is 16.4. The first kappa shape index (κ1) is 25.9. The van der Waals surface area contributed by atoms with Crippen LogP contribution in [0.4, 0.5) is 13.2 Å². The van der Waals surface area contributed by atoms with Gasteiger partial charge < -0.3 is 9.88 Å². The van der Waals surface area contributed by atoms with Gasteiger partial charge in [-0.05, 0) is 25.0 Å². The van der Waals surface area contributed by atoms with E-state index in [1.165, 1.54) is 29.0 Å². The number of halogens is 4. The van der Waals surface area contributed by atoms with Gasteiger partial charge in [0.15, 0.2) is 5.03 Å². The third-order valence-corrected chi connectivity index (χ3v) is 8.97. The van der Waals surface area contributed by atoms with Gasteiger partial charge in [-0.2, -0.15) is 4.31 Å². The lowest BCUT2D eigenvalue weighted by molar-refractivity contribution is -0.0856. The molecule has 2 aliphatic rings.